The highest BCUT2D eigenvalue weighted by Crippen LogP contribution is 2.18. The molecule has 1 aromatic rings. The van der Waals surface area contributed by atoms with Crippen LogP contribution in [0.5, 0.6) is 0 Å². The zero-order valence-corrected chi connectivity index (χ0v) is 13.8. The number of ether oxygens (including phenoxy) is 1. The van der Waals surface area contributed by atoms with E-state index in [2.05, 4.69) is 19.2 Å². The monoisotopic (exact) mass is 325 g/mol. The van der Waals surface area contributed by atoms with Crippen molar-refractivity contribution < 1.29 is 19.4 Å². The SMILES string of the molecule is CCC(CC)SCC(NC(=O)OCc1ccccc1)C(=O)O. The van der Waals surface area contributed by atoms with Crippen LogP contribution in [-0.2, 0) is 16.1 Å². The average molecular weight is 325 g/mol. The second-order valence-electron chi connectivity index (χ2n) is 4.87. The van der Waals surface area contributed by atoms with Crippen LogP contribution >= 0.6 is 11.8 Å². The van der Waals surface area contributed by atoms with Crippen molar-refractivity contribution in [3.8, 4) is 0 Å². The van der Waals surface area contributed by atoms with Gasteiger partial charge in [-0.25, -0.2) is 9.59 Å². The smallest absolute Gasteiger partial charge is 0.408 e. The third-order valence-corrected chi connectivity index (χ3v) is 4.88. The van der Waals surface area contributed by atoms with E-state index in [0.29, 0.717) is 11.0 Å². The molecule has 1 rings (SSSR count). The van der Waals surface area contributed by atoms with E-state index in [1.807, 2.05) is 30.3 Å². The Morgan fingerprint density at radius 1 is 1.23 bits per heavy atom. The minimum absolute atomic E-state index is 0.124. The second-order valence-corrected chi connectivity index (χ2v) is 6.20. The lowest BCUT2D eigenvalue weighted by atomic mass is 10.2. The van der Waals surface area contributed by atoms with Gasteiger partial charge < -0.3 is 15.2 Å². The predicted molar refractivity (Wildman–Crippen MR) is 88.0 cm³/mol. The van der Waals surface area contributed by atoms with E-state index >= 15 is 0 Å². The highest BCUT2D eigenvalue weighted by molar-refractivity contribution is 7.99. The Morgan fingerprint density at radius 3 is 2.41 bits per heavy atom. The van der Waals surface area contributed by atoms with E-state index in [1.165, 1.54) is 0 Å². The van der Waals surface area contributed by atoms with E-state index in [1.54, 1.807) is 11.8 Å². The molecule has 1 unspecified atom stereocenters. The van der Waals surface area contributed by atoms with Gasteiger partial charge in [-0.2, -0.15) is 11.8 Å². The number of benzene rings is 1. The largest absolute Gasteiger partial charge is 0.480 e. The summed E-state index contributed by atoms with van der Waals surface area (Å²) in [6, 6.07) is 8.31. The van der Waals surface area contributed by atoms with Gasteiger partial charge in [0, 0.05) is 11.0 Å². The van der Waals surface area contributed by atoms with Gasteiger partial charge in [0.1, 0.15) is 12.6 Å². The van der Waals surface area contributed by atoms with Gasteiger partial charge in [-0.15, -0.1) is 0 Å². The lowest BCUT2D eigenvalue weighted by Gasteiger charge is -2.17. The fourth-order valence-electron chi connectivity index (χ4n) is 1.84. The van der Waals surface area contributed by atoms with Gasteiger partial charge in [0.2, 0.25) is 0 Å². The Labute approximate surface area is 135 Å². The summed E-state index contributed by atoms with van der Waals surface area (Å²) in [7, 11) is 0. The molecule has 0 saturated carbocycles. The molecule has 22 heavy (non-hydrogen) atoms. The van der Waals surface area contributed by atoms with Crippen LogP contribution in [0.4, 0.5) is 4.79 Å². The Kier molecular flexibility index (Phi) is 8.43. The molecule has 0 heterocycles. The highest BCUT2D eigenvalue weighted by Gasteiger charge is 2.22. The molecule has 6 heteroatoms. The first-order valence-corrected chi connectivity index (χ1v) is 8.43. The van der Waals surface area contributed by atoms with Crippen molar-refractivity contribution in [3.63, 3.8) is 0 Å². The number of hydrogen-bond acceptors (Lipinski definition) is 4. The summed E-state index contributed by atoms with van der Waals surface area (Å²) in [4.78, 5) is 22.9. The maximum atomic E-state index is 11.7. The molecule has 0 spiro atoms. The minimum atomic E-state index is -1.05. The molecule has 0 fully saturated rings. The topological polar surface area (TPSA) is 75.6 Å². The molecule has 0 aliphatic heterocycles. The highest BCUT2D eigenvalue weighted by atomic mass is 32.2. The lowest BCUT2D eigenvalue weighted by Crippen LogP contribution is -2.43. The molecule has 0 radical (unpaired) electrons. The van der Waals surface area contributed by atoms with Crippen molar-refractivity contribution in [1.82, 2.24) is 5.32 Å². The van der Waals surface area contributed by atoms with Crippen LogP contribution in [0.15, 0.2) is 30.3 Å². The van der Waals surface area contributed by atoms with E-state index in [9.17, 15) is 14.7 Å². The molecule has 0 bridgehead atoms. The number of amides is 1. The van der Waals surface area contributed by atoms with Gasteiger partial charge in [-0.05, 0) is 18.4 Å². The lowest BCUT2D eigenvalue weighted by molar-refractivity contribution is -0.138. The number of rotatable bonds is 9. The summed E-state index contributed by atoms with van der Waals surface area (Å²) in [6.07, 6.45) is 1.25. The quantitative estimate of drug-likeness (QED) is 0.728. The van der Waals surface area contributed by atoms with Crippen molar-refractivity contribution in [1.29, 1.82) is 0 Å². The summed E-state index contributed by atoms with van der Waals surface area (Å²) in [6.45, 7) is 4.26. The minimum Gasteiger partial charge on any atom is -0.480 e. The molecule has 5 nitrogen and oxygen atoms in total. The zero-order chi connectivity index (χ0) is 16.4. The van der Waals surface area contributed by atoms with Crippen LogP contribution in [0.1, 0.15) is 32.3 Å². The van der Waals surface area contributed by atoms with Gasteiger partial charge >= 0.3 is 12.1 Å². The first-order chi connectivity index (χ1) is 10.6. The molecule has 0 aromatic heterocycles. The third-order valence-electron chi connectivity index (χ3n) is 3.21. The number of carboxylic acid groups (broad SMARTS) is 1. The van der Waals surface area contributed by atoms with Crippen LogP contribution in [0, 0.1) is 0 Å². The van der Waals surface area contributed by atoms with Crippen LogP contribution in [0.3, 0.4) is 0 Å². The van der Waals surface area contributed by atoms with E-state index in [4.69, 9.17) is 4.74 Å². The van der Waals surface area contributed by atoms with Crippen LogP contribution in [-0.4, -0.2) is 34.2 Å². The molecule has 0 saturated heterocycles. The third kappa shape index (κ3) is 6.85. The number of nitrogens with one attached hydrogen (secondary N) is 1. The fraction of sp³-hybridized carbons (Fsp3) is 0.500. The Balaban J connectivity index is 2.41. The molecule has 0 aliphatic carbocycles. The average Bonchev–Trinajstić information content (AvgIpc) is 2.53. The molecular weight excluding hydrogens is 302 g/mol. The first kappa shape index (κ1) is 18.4. The number of carbonyl (C=O) groups is 2. The number of alkyl carbamates (subject to hydrolysis) is 1. The molecule has 1 atom stereocenters. The van der Waals surface area contributed by atoms with Gasteiger partial charge in [-0.1, -0.05) is 44.2 Å². The van der Waals surface area contributed by atoms with Gasteiger partial charge in [0.15, 0.2) is 0 Å². The number of hydrogen-bond donors (Lipinski definition) is 2. The van der Waals surface area contributed by atoms with E-state index < -0.39 is 18.1 Å². The number of thioether (sulfide) groups is 1. The normalized spacial score (nSPS) is 12.0. The molecule has 1 aromatic carbocycles. The summed E-state index contributed by atoms with van der Waals surface area (Å²) in [5.74, 6) is -0.711. The van der Waals surface area contributed by atoms with E-state index in [-0.39, 0.29) is 6.61 Å². The molecule has 2 N–H and O–H groups in total. The first-order valence-electron chi connectivity index (χ1n) is 7.38. The predicted octanol–water partition coefficient (Wildman–Crippen LogP) is 3.29. The van der Waals surface area contributed by atoms with Crippen molar-refractivity contribution in [3.05, 3.63) is 35.9 Å². The van der Waals surface area contributed by atoms with Crippen LogP contribution in [0.2, 0.25) is 0 Å². The molecule has 1 amide bonds. The van der Waals surface area contributed by atoms with Crippen molar-refractivity contribution in [2.24, 2.45) is 0 Å². The van der Waals surface area contributed by atoms with Gasteiger partial charge in [0.05, 0.1) is 0 Å². The zero-order valence-electron chi connectivity index (χ0n) is 13.0. The number of aliphatic carboxylic acids is 1. The summed E-state index contributed by atoms with van der Waals surface area (Å²) >= 11 is 1.56. The number of carbonyl (C=O) groups excluding carboxylic acids is 1. The summed E-state index contributed by atoms with van der Waals surface area (Å²) in [5, 5.41) is 12.0. The maximum absolute atomic E-state index is 11.7. The Morgan fingerprint density at radius 2 is 1.86 bits per heavy atom. The Hall–Kier alpha value is -1.69. The second kappa shape index (κ2) is 10.1. The van der Waals surface area contributed by atoms with Gasteiger partial charge in [-0.3, -0.25) is 0 Å². The molecular formula is C16H23NO4S. The van der Waals surface area contributed by atoms with Crippen molar-refractivity contribution in [2.75, 3.05) is 5.75 Å². The van der Waals surface area contributed by atoms with Crippen LogP contribution in [0.25, 0.3) is 0 Å². The maximum Gasteiger partial charge on any atom is 0.408 e. The summed E-state index contributed by atoms with van der Waals surface area (Å²) < 4.78 is 5.05. The van der Waals surface area contributed by atoms with Crippen molar-refractivity contribution >= 4 is 23.8 Å². The van der Waals surface area contributed by atoms with Gasteiger partial charge in [0.25, 0.3) is 0 Å². The van der Waals surface area contributed by atoms with E-state index in [0.717, 1.165) is 18.4 Å². The molecule has 122 valence electrons. The Bertz CT molecular complexity index is 462. The standard InChI is InChI=1S/C16H23NO4S/c1-3-13(4-2)22-11-14(15(18)19)17-16(20)21-10-12-8-6-5-7-9-12/h5-9,13-14H,3-4,10-11H2,1-2H3,(H,17,20)(H,18,19). The number of carboxylic acids is 1. The molecule has 0 aliphatic rings. The van der Waals surface area contributed by atoms with Crippen LogP contribution < -0.4 is 5.32 Å². The fourth-order valence-corrected chi connectivity index (χ4v) is 3.00. The summed E-state index contributed by atoms with van der Waals surface area (Å²) in [5.41, 5.74) is 0.857. The van der Waals surface area contributed by atoms with Crippen molar-refractivity contribution in [2.45, 2.75) is 44.6 Å².